The van der Waals surface area contributed by atoms with Gasteiger partial charge in [0.1, 0.15) is 5.84 Å². The van der Waals surface area contributed by atoms with E-state index < -0.39 is 6.10 Å². The van der Waals surface area contributed by atoms with E-state index in [9.17, 15) is 0 Å². The summed E-state index contributed by atoms with van der Waals surface area (Å²) in [7, 11) is 0. The van der Waals surface area contributed by atoms with Gasteiger partial charge in [-0.25, -0.2) is 0 Å². The summed E-state index contributed by atoms with van der Waals surface area (Å²) in [6.45, 7) is 0.706. The van der Waals surface area contributed by atoms with Crippen molar-refractivity contribution in [1.82, 2.24) is 4.98 Å². The van der Waals surface area contributed by atoms with E-state index in [-0.39, 0.29) is 12.1 Å². The number of hydrogen-bond acceptors (Lipinski definition) is 4. The summed E-state index contributed by atoms with van der Waals surface area (Å²) in [5.74, 6) is -0.0436. The van der Waals surface area contributed by atoms with Crippen LogP contribution in [0.4, 0.5) is 0 Å². The molecule has 0 aromatic carbocycles. The first-order valence-corrected chi connectivity index (χ1v) is 5.79. The number of amidine groups is 1. The highest BCUT2D eigenvalue weighted by atomic mass is 16.7. The third kappa shape index (κ3) is 3.25. The van der Waals surface area contributed by atoms with Gasteiger partial charge in [-0.1, -0.05) is 6.07 Å². The van der Waals surface area contributed by atoms with Crippen molar-refractivity contribution in [2.75, 3.05) is 6.61 Å². The van der Waals surface area contributed by atoms with Gasteiger partial charge in [0, 0.05) is 12.8 Å². The first-order valence-electron chi connectivity index (χ1n) is 5.79. The number of nitrogens with zero attached hydrogens (tertiary/aromatic N) is 1. The van der Waals surface area contributed by atoms with Crippen molar-refractivity contribution in [3.05, 3.63) is 30.1 Å². The maximum atomic E-state index is 7.56. The summed E-state index contributed by atoms with van der Waals surface area (Å²) in [4.78, 5) is 4.16. The van der Waals surface area contributed by atoms with Gasteiger partial charge in [-0.15, -0.1) is 0 Å². The quantitative estimate of drug-likeness (QED) is 0.613. The molecule has 1 aromatic heterocycles. The van der Waals surface area contributed by atoms with Gasteiger partial charge in [0.15, 0.2) is 12.4 Å². The van der Waals surface area contributed by atoms with E-state index in [1.165, 1.54) is 0 Å². The minimum Gasteiger partial charge on any atom is -0.385 e. The van der Waals surface area contributed by atoms with E-state index in [0.29, 0.717) is 12.3 Å². The molecule has 17 heavy (non-hydrogen) atoms. The van der Waals surface area contributed by atoms with Crippen LogP contribution in [0.5, 0.6) is 0 Å². The normalized spacial score (nSPS) is 22.0. The molecule has 1 fully saturated rings. The number of hydrogen-bond donors (Lipinski definition) is 2. The second kappa shape index (κ2) is 5.75. The topological polar surface area (TPSA) is 81.2 Å². The van der Waals surface area contributed by atoms with Crippen molar-refractivity contribution in [3.8, 4) is 0 Å². The summed E-state index contributed by atoms with van der Waals surface area (Å²) in [6, 6.07) is 5.47. The van der Waals surface area contributed by atoms with Gasteiger partial charge >= 0.3 is 0 Å². The van der Waals surface area contributed by atoms with Gasteiger partial charge in [0.25, 0.3) is 0 Å². The van der Waals surface area contributed by atoms with Gasteiger partial charge < -0.3 is 15.2 Å². The lowest BCUT2D eigenvalue weighted by atomic mass is 10.2. The predicted molar refractivity (Wildman–Crippen MR) is 63.6 cm³/mol. The van der Waals surface area contributed by atoms with E-state index >= 15 is 0 Å². The van der Waals surface area contributed by atoms with Crippen LogP contribution >= 0.6 is 0 Å². The Morgan fingerprint density at radius 3 is 3.00 bits per heavy atom. The highest BCUT2D eigenvalue weighted by Crippen LogP contribution is 2.22. The molecule has 92 valence electrons. The lowest BCUT2D eigenvalue weighted by molar-refractivity contribution is -0.176. The molecular weight excluding hydrogens is 218 g/mol. The fraction of sp³-hybridized carbons (Fsp3) is 0.500. The van der Waals surface area contributed by atoms with Crippen LogP contribution in [0.1, 0.15) is 31.1 Å². The van der Waals surface area contributed by atoms with Gasteiger partial charge in [-0.3, -0.25) is 10.4 Å². The van der Waals surface area contributed by atoms with Crippen molar-refractivity contribution in [1.29, 1.82) is 5.41 Å². The molecular formula is C12H17N3O2. The first-order chi connectivity index (χ1) is 8.27. The van der Waals surface area contributed by atoms with Gasteiger partial charge in [-0.05, 0) is 31.4 Å². The fourth-order valence-corrected chi connectivity index (χ4v) is 1.80. The van der Waals surface area contributed by atoms with Crippen molar-refractivity contribution in [2.45, 2.75) is 31.7 Å². The molecule has 5 nitrogen and oxygen atoms in total. The van der Waals surface area contributed by atoms with Crippen LogP contribution in [0, 0.1) is 5.41 Å². The van der Waals surface area contributed by atoms with Gasteiger partial charge in [-0.2, -0.15) is 0 Å². The van der Waals surface area contributed by atoms with Crippen molar-refractivity contribution >= 4 is 5.84 Å². The van der Waals surface area contributed by atoms with Crippen LogP contribution in [0.3, 0.4) is 0 Å². The molecule has 0 saturated carbocycles. The average molecular weight is 235 g/mol. The molecule has 1 aliphatic heterocycles. The predicted octanol–water partition coefficient (Wildman–Crippen LogP) is 1.60. The van der Waals surface area contributed by atoms with Crippen LogP contribution in [0.2, 0.25) is 0 Å². The molecule has 0 radical (unpaired) electrons. The maximum Gasteiger partial charge on any atom is 0.159 e. The highest BCUT2D eigenvalue weighted by Gasteiger charge is 2.23. The Kier molecular flexibility index (Phi) is 4.06. The summed E-state index contributed by atoms with van der Waals surface area (Å²) >= 11 is 0. The van der Waals surface area contributed by atoms with Crippen molar-refractivity contribution < 1.29 is 9.47 Å². The van der Waals surface area contributed by atoms with Gasteiger partial charge in [0.2, 0.25) is 0 Å². The molecule has 1 saturated heterocycles. The molecule has 0 bridgehead atoms. The number of aromatic nitrogens is 1. The Balaban J connectivity index is 2.05. The number of rotatable bonds is 4. The molecule has 0 spiro atoms. The van der Waals surface area contributed by atoms with Gasteiger partial charge in [0.05, 0.1) is 5.69 Å². The number of nitrogens with one attached hydrogen (secondary N) is 1. The van der Waals surface area contributed by atoms with E-state index in [4.69, 9.17) is 20.6 Å². The van der Waals surface area contributed by atoms with E-state index in [1.54, 1.807) is 12.3 Å². The van der Waals surface area contributed by atoms with Crippen LogP contribution in [0.15, 0.2) is 24.4 Å². The second-order valence-electron chi connectivity index (χ2n) is 4.02. The minimum absolute atomic E-state index is 0.0436. The average Bonchev–Trinajstić information content (AvgIpc) is 2.38. The van der Waals surface area contributed by atoms with Crippen LogP contribution in [-0.2, 0) is 9.47 Å². The third-order valence-corrected chi connectivity index (χ3v) is 2.66. The molecule has 1 aliphatic rings. The molecule has 0 aliphatic carbocycles. The zero-order chi connectivity index (χ0) is 12.1. The van der Waals surface area contributed by atoms with Crippen molar-refractivity contribution in [3.63, 3.8) is 0 Å². The lowest BCUT2D eigenvalue weighted by Gasteiger charge is -2.26. The molecule has 3 N–H and O–H groups in total. The summed E-state index contributed by atoms with van der Waals surface area (Å²) in [5, 5.41) is 7.56. The van der Waals surface area contributed by atoms with Crippen molar-refractivity contribution in [2.24, 2.45) is 5.73 Å². The lowest BCUT2D eigenvalue weighted by Crippen LogP contribution is -2.31. The number of ether oxygens (including phenoxy) is 2. The summed E-state index contributed by atoms with van der Waals surface area (Å²) in [5.41, 5.74) is 6.20. The van der Waals surface area contributed by atoms with E-state index in [0.717, 1.165) is 19.3 Å². The Labute approximate surface area is 100 Å². The summed E-state index contributed by atoms with van der Waals surface area (Å²) < 4.78 is 11.2. The highest BCUT2D eigenvalue weighted by molar-refractivity contribution is 5.82. The third-order valence-electron chi connectivity index (χ3n) is 2.66. The molecule has 2 unspecified atom stereocenters. The monoisotopic (exact) mass is 235 g/mol. The smallest absolute Gasteiger partial charge is 0.159 e. The maximum absolute atomic E-state index is 7.56. The largest absolute Gasteiger partial charge is 0.385 e. The van der Waals surface area contributed by atoms with E-state index in [1.807, 2.05) is 12.1 Å². The Hall–Kier alpha value is -1.46. The zero-order valence-corrected chi connectivity index (χ0v) is 9.63. The Morgan fingerprint density at radius 1 is 1.53 bits per heavy atom. The SMILES string of the molecule is N=C(N)C(OC1CCCCO1)c1ccccn1. The molecule has 2 atom stereocenters. The Bertz CT molecular complexity index is 363. The second-order valence-corrected chi connectivity index (χ2v) is 4.02. The molecule has 2 rings (SSSR count). The Morgan fingerprint density at radius 2 is 2.41 bits per heavy atom. The van der Waals surface area contributed by atoms with Crippen LogP contribution in [0.25, 0.3) is 0 Å². The molecule has 0 amide bonds. The number of pyridine rings is 1. The molecule has 1 aromatic rings. The molecule has 2 heterocycles. The van der Waals surface area contributed by atoms with Crippen LogP contribution < -0.4 is 5.73 Å². The molecule has 5 heteroatoms. The van der Waals surface area contributed by atoms with E-state index in [2.05, 4.69) is 4.98 Å². The summed E-state index contributed by atoms with van der Waals surface area (Å²) in [6.07, 6.45) is 3.76. The first kappa shape index (κ1) is 12.0. The number of nitrogens with two attached hydrogens (primary N) is 1. The zero-order valence-electron chi connectivity index (χ0n) is 9.63. The van der Waals surface area contributed by atoms with Crippen LogP contribution in [-0.4, -0.2) is 23.7 Å². The standard InChI is InChI=1S/C12H17N3O2/c13-12(14)11(9-5-1-3-7-15-9)17-10-6-2-4-8-16-10/h1,3,5,7,10-11H,2,4,6,8H2,(H3,13,14). The minimum atomic E-state index is -0.612. The fourth-order valence-electron chi connectivity index (χ4n) is 1.80.